The third kappa shape index (κ3) is 3.61. The first kappa shape index (κ1) is 16.4. The summed E-state index contributed by atoms with van der Waals surface area (Å²) in [5.74, 6) is -0.122. The lowest BCUT2D eigenvalue weighted by molar-refractivity contribution is -0.116. The quantitative estimate of drug-likeness (QED) is 0.767. The maximum atomic E-state index is 13.3. The van der Waals surface area contributed by atoms with E-state index in [2.05, 4.69) is 32.9 Å². The Morgan fingerprint density at radius 2 is 2.04 bits per heavy atom. The number of halogens is 1. The van der Waals surface area contributed by atoms with Crippen LogP contribution in [-0.4, -0.2) is 26.1 Å². The Labute approximate surface area is 150 Å². The number of rotatable bonds is 5. The second-order valence-corrected chi connectivity index (χ2v) is 6.35. The molecule has 1 aliphatic carbocycles. The highest BCUT2D eigenvalue weighted by Gasteiger charge is 2.12. The van der Waals surface area contributed by atoms with Crippen molar-refractivity contribution in [2.75, 3.05) is 5.32 Å². The summed E-state index contributed by atoms with van der Waals surface area (Å²) in [6, 6.07) is 12.1. The van der Waals surface area contributed by atoms with Gasteiger partial charge in [0, 0.05) is 17.7 Å². The first-order valence-electron chi connectivity index (χ1n) is 8.63. The van der Waals surface area contributed by atoms with Crippen LogP contribution in [0.4, 0.5) is 10.1 Å². The average Bonchev–Trinajstić information content (AvgIpc) is 3.29. The van der Waals surface area contributed by atoms with Crippen molar-refractivity contribution in [2.24, 2.45) is 0 Å². The number of hydrogen-bond acceptors (Lipinski definition) is 4. The molecule has 1 heterocycles. The van der Waals surface area contributed by atoms with Crippen molar-refractivity contribution in [3.63, 3.8) is 0 Å². The molecule has 1 amide bonds. The summed E-state index contributed by atoms with van der Waals surface area (Å²) in [6.07, 6.45) is 3.61. The Morgan fingerprint density at radius 1 is 1.15 bits per heavy atom. The van der Waals surface area contributed by atoms with Crippen molar-refractivity contribution in [1.82, 2.24) is 20.2 Å². The molecule has 0 saturated carbocycles. The Balaban J connectivity index is 1.35. The van der Waals surface area contributed by atoms with Gasteiger partial charge in [-0.2, -0.15) is 4.80 Å². The normalized spacial score (nSPS) is 12.8. The molecule has 0 radical (unpaired) electrons. The number of hydrogen-bond donors (Lipinski definition) is 1. The molecule has 0 unspecified atom stereocenters. The Hall–Kier alpha value is -3.09. The van der Waals surface area contributed by atoms with Crippen molar-refractivity contribution in [1.29, 1.82) is 0 Å². The van der Waals surface area contributed by atoms with Crippen LogP contribution in [0.15, 0.2) is 42.5 Å². The van der Waals surface area contributed by atoms with E-state index in [9.17, 15) is 9.18 Å². The molecule has 6 nitrogen and oxygen atoms in total. The molecular formula is C19H18FN5O. The zero-order valence-corrected chi connectivity index (χ0v) is 14.2. The second kappa shape index (κ2) is 7.03. The van der Waals surface area contributed by atoms with E-state index in [1.54, 1.807) is 12.1 Å². The predicted molar refractivity (Wildman–Crippen MR) is 94.9 cm³/mol. The lowest BCUT2D eigenvalue weighted by Gasteiger charge is -2.07. The molecule has 4 rings (SSSR count). The number of nitrogens with zero attached hydrogens (tertiary/aromatic N) is 4. The van der Waals surface area contributed by atoms with Crippen LogP contribution in [0.3, 0.4) is 0 Å². The van der Waals surface area contributed by atoms with Crippen molar-refractivity contribution in [3.05, 3.63) is 59.4 Å². The number of carbonyl (C=O) groups is 1. The summed E-state index contributed by atoms with van der Waals surface area (Å²) in [5, 5.41) is 14.9. The molecule has 1 aromatic heterocycles. The van der Waals surface area contributed by atoms with E-state index >= 15 is 0 Å². The monoisotopic (exact) mass is 351 g/mol. The number of tetrazole rings is 1. The third-order valence-corrected chi connectivity index (χ3v) is 4.46. The maximum Gasteiger partial charge on any atom is 0.226 e. The van der Waals surface area contributed by atoms with Crippen LogP contribution in [0.2, 0.25) is 0 Å². The molecule has 0 bridgehead atoms. The first-order chi connectivity index (χ1) is 12.7. The van der Waals surface area contributed by atoms with Gasteiger partial charge in [0.1, 0.15) is 5.82 Å². The van der Waals surface area contributed by atoms with Crippen LogP contribution in [0.5, 0.6) is 0 Å². The number of aromatic nitrogens is 4. The van der Waals surface area contributed by atoms with Gasteiger partial charge in [-0.25, -0.2) is 4.39 Å². The second-order valence-electron chi connectivity index (χ2n) is 6.35. The van der Waals surface area contributed by atoms with Crippen molar-refractivity contribution in [3.8, 4) is 11.4 Å². The first-order valence-corrected chi connectivity index (χ1v) is 8.63. The molecule has 132 valence electrons. The Morgan fingerprint density at radius 3 is 2.92 bits per heavy atom. The van der Waals surface area contributed by atoms with Crippen LogP contribution in [-0.2, 0) is 24.2 Å². The summed E-state index contributed by atoms with van der Waals surface area (Å²) < 4.78 is 13.3. The van der Waals surface area contributed by atoms with Gasteiger partial charge in [-0.15, -0.1) is 10.2 Å². The molecule has 0 aliphatic heterocycles. The van der Waals surface area contributed by atoms with Crippen LogP contribution < -0.4 is 5.32 Å². The minimum atomic E-state index is -0.354. The third-order valence-electron chi connectivity index (χ3n) is 4.46. The smallest absolute Gasteiger partial charge is 0.226 e. The topological polar surface area (TPSA) is 72.7 Å². The molecule has 0 atom stereocenters. The average molecular weight is 351 g/mol. The van der Waals surface area contributed by atoms with Crippen LogP contribution in [0.25, 0.3) is 11.4 Å². The number of nitrogens with one attached hydrogen (secondary N) is 1. The molecule has 7 heteroatoms. The highest BCUT2D eigenvalue weighted by atomic mass is 19.1. The van der Waals surface area contributed by atoms with E-state index in [-0.39, 0.29) is 18.1 Å². The molecule has 3 aromatic rings. The number of anilines is 1. The minimum Gasteiger partial charge on any atom is -0.326 e. The fourth-order valence-electron chi connectivity index (χ4n) is 3.16. The van der Waals surface area contributed by atoms with Gasteiger partial charge in [-0.1, -0.05) is 18.2 Å². The van der Waals surface area contributed by atoms with Gasteiger partial charge < -0.3 is 5.32 Å². The lowest BCUT2D eigenvalue weighted by atomic mass is 10.1. The van der Waals surface area contributed by atoms with Crippen LogP contribution in [0.1, 0.15) is 24.0 Å². The van der Waals surface area contributed by atoms with Gasteiger partial charge in [0.05, 0.1) is 6.54 Å². The van der Waals surface area contributed by atoms with Gasteiger partial charge >= 0.3 is 0 Å². The maximum absolute atomic E-state index is 13.3. The summed E-state index contributed by atoms with van der Waals surface area (Å²) in [5.41, 5.74) is 4.07. The highest BCUT2D eigenvalue weighted by molar-refractivity contribution is 5.90. The minimum absolute atomic E-state index is 0.104. The molecule has 1 aliphatic rings. The van der Waals surface area contributed by atoms with Gasteiger partial charge in [0.2, 0.25) is 11.7 Å². The zero-order valence-electron chi connectivity index (χ0n) is 14.2. The summed E-state index contributed by atoms with van der Waals surface area (Å²) in [7, 11) is 0. The van der Waals surface area contributed by atoms with Crippen molar-refractivity contribution < 1.29 is 9.18 Å². The fraction of sp³-hybridized carbons (Fsp3) is 0.263. The molecule has 2 aromatic carbocycles. The molecular weight excluding hydrogens is 333 g/mol. The van der Waals surface area contributed by atoms with E-state index in [1.165, 1.54) is 34.5 Å². The summed E-state index contributed by atoms with van der Waals surface area (Å²) in [6.45, 7) is 0.305. The number of benzene rings is 2. The highest BCUT2D eigenvalue weighted by Crippen LogP contribution is 2.25. The van der Waals surface area contributed by atoms with E-state index in [1.807, 2.05) is 6.07 Å². The Kier molecular flexibility index (Phi) is 4.43. The number of carbonyl (C=O) groups excluding carboxylic acids is 1. The van der Waals surface area contributed by atoms with Crippen molar-refractivity contribution in [2.45, 2.75) is 32.2 Å². The number of aryl methyl sites for hydroxylation is 3. The number of amides is 1. The molecule has 0 spiro atoms. The standard InChI is InChI=1S/C19H18FN5O/c20-16-6-2-5-15(11-16)19-22-24-25(23-19)10-9-18(26)21-17-8-7-13-3-1-4-14(13)12-17/h2,5-8,11-12H,1,3-4,9-10H2,(H,21,26). The summed E-state index contributed by atoms with van der Waals surface area (Å²) in [4.78, 5) is 13.5. The van der Waals surface area contributed by atoms with Gasteiger partial charge in [-0.3, -0.25) is 4.79 Å². The molecule has 0 fully saturated rings. The zero-order chi connectivity index (χ0) is 17.9. The lowest BCUT2D eigenvalue weighted by Crippen LogP contribution is -2.15. The van der Waals surface area contributed by atoms with E-state index < -0.39 is 0 Å². The Bertz CT molecular complexity index is 953. The van der Waals surface area contributed by atoms with E-state index in [4.69, 9.17) is 0 Å². The van der Waals surface area contributed by atoms with E-state index in [0.29, 0.717) is 17.9 Å². The van der Waals surface area contributed by atoms with Crippen LogP contribution >= 0.6 is 0 Å². The number of fused-ring (bicyclic) bond motifs is 1. The van der Waals surface area contributed by atoms with Crippen LogP contribution in [0, 0.1) is 5.82 Å². The van der Waals surface area contributed by atoms with Crippen molar-refractivity contribution >= 4 is 11.6 Å². The van der Waals surface area contributed by atoms with Gasteiger partial charge in [0.25, 0.3) is 0 Å². The predicted octanol–water partition coefficient (Wildman–Crippen LogP) is 3.00. The largest absolute Gasteiger partial charge is 0.326 e. The SMILES string of the molecule is O=C(CCn1nnc(-c2cccc(F)c2)n1)Nc1ccc2c(c1)CCC2. The summed E-state index contributed by atoms with van der Waals surface area (Å²) >= 11 is 0. The molecule has 0 saturated heterocycles. The molecule has 1 N–H and O–H groups in total. The fourth-order valence-corrected chi connectivity index (χ4v) is 3.16. The van der Waals surface area contributed by atoms with E-state index in [0.717, 1.165) is 18.5 Å². The molecule has 26 heavy (non-hydrogen) atoms. The van der Waals surface area contributed by atoms with Gasteiger partial charge in [-0.05, 0) is 59.9 Å². The van der Waals surface area contributed by atoms with Gasteiger partial charge in [0.15, 0.2) is 0 Å².